The lowest BCUT2D eigenvalue weighted by Crippen LogP contribution is -2.30. The van der Waals surface area contributed by atoms with Crippen molar-refractivity contribution in [1.82, 2.24) is 0 Å². The molecule has 1 amide bonds. The first kappa shape index (κ1) is 11.1. The minimum atomic E-state index is -0.338. The highest BCUT2D eigenvalue weighted by molar-refractivity contribution is 5.97. The van der Waals surface area contributed by atoms with Crippen molar-refractivity contribution in [3.63, 3.8) is 0 Å². The Balaban J connectivity index is 2.06. The third-order valence-electron chi connectivity index (χ3n) is 3.09. The van der Waals surface area contributed by atoms with Crippen LogP contribution in [0.25, 0.3) is 0 Å². The highest BCUT2D eigenvalue weighted by Gasteiger charge is 2.48. The van der Waals surface area contributed by atoms with Gasteiger partial charge in [0.2, 0.25) is 5.91 Å². The van der Waals surface area contributed by atoms with Gasteiger partial charge in [0.25, 0.3) is 0 Å². The van der Waals surface area contributed by atoms with Crippen molar-refractivity contribution in [1.29, 1.82) is 0 Å². The SMILES string of the molecule is NCC1(C(=O)Nc2cccc(CO)c2)CC1. The quantitative estimate of drug-likeness (QED) is 0.704. The fourth-order valence-electron chi connectivity index (χ4n) is 1.69. The predicted molar refractivity (Wildman–Crippen MR) is 61.7 cm³/mol. The molecule has 1 saturated carbocycles. The molecule has 16 heavy (non-hydrogen) atoms. The molecule has 0 aliphatic heterocycles. The number of carbonyl (C=O) groups excluding carboxylic acids is 1. The van der Waals surface area contributed by atoms with Gasteiger partial charge in [-0.3, -0.25) is 4.79 Å². The van der Waals surface area contributed by atoms with Gasteiger partial charge in [-0.15, -0.1) is 0 Å². The van der Waals surface area contributed by atoms with E-state index in [0.29, 0.717) is 6.54 Å². The first-order valence-electron chi connectivity index (χ1n) is 5.41. The van der Waals surface area contributed by atoms with Crippen LogP contribution in [0.5, 0.6) is 0 Å². The number of hydrogen-bond acceptors (Lipinski definition) is 3. The largest absolute Gasteiger partial charge is 0.392 e. The number of rotatable bonds is 4. The van der Waals surface area contributed by atoms with Crippen molar-refractivity contribution in [2.75, 3.05) is 11.9 Å². The van der Waals surface area contributed by atoms with Crippen LogP contribution in [0.2, 0.25) is 0 Å². The van der Waals surface area contributed by atoms with E-state index in [9.17, 15) is 4.79 Å². The van der Waals surface area contributed by atoms with Crippen LogP contribution in [0.15, 0.2) is 24.3 Å². The average Bonchev–Trinajstić information content (AvgIpc) is 3.10. The molecule has 1 aromatic rings. The number of aliphatic hydroxyl groups excluding tert-OH is 1. The highest BCUT2D eigenvalue weighted by Crippen LogP contribution is 2.45. The second kappa shape index (κ2) is 4.23. The van der Waals surface area contributed by atoms with Crippen LogP contribution in [0, 0.1) is 5.41 Å². The molecule has 0 aromatic heterocycles. The molecule has 4 nitrogen and oxygen atoms in total. The molecule has 2 rings (SSSR count). The van der Waals surface area contributed by atoms with E-state index in [2.05, 4.69) is 5.32 Å². The van der Waals surface area contributed by atoms with Crippen LogP contribution >= 0.6 is 0 Å². The lowest BCUT2D eigenvalue weighted by Gasteiger charge is -2.13. The summed E-state index contributed by atoms with van der Waals surface area (Å²) in [5.41, 5.74) is 6.75. The fourth-order valence-corrected chi connectivity index (χ4v) is 1.69. The minimum Gasteiger partial charge on any atom is -0.392 e. The summed E-state index contributed by atoms with van der Waals surface area (Å²) in [6, 6.07) is 7.20. The van der Waals surface area contributed by atoms with Crippen LogP contribution in [-0.2, 0) is 11.4 Å². The zero-order valence-electron chi connectivity index (χ0n) is 9.07. The van der Waals surface area contributed by atoms with E-state index in [0.717, 1.165) is 24.1 Å². The second-order valence-corrected chi connectivity index (χ2v) is 4.30. The van der Waals surface area contributed by atoms with Crippen molar-refractivity contribution >= 4 is 11.6 Å². The van der Waals surface area contributed by atoms with E-state index in [1.807, 2.05) is 18.2 Å². The first-order valence-corrected chi connectivity index (χ1v) is 5.41. The van der Waals surface area contributed by atoms with E-state index in [1.165, 1.54) is 0 Å². The molecule has 0 spiro atoms. The van der Waals surface area contributed by atoms with Gasteiger partial charge in [-0.1, -0.05) is 12.1 Å². The van der Waals surface area contributed by atoms with Crippen molar-refractivity contribution in [3.8, 4) is 0 Å². The Morgan fingerprint density at radius 1 is 1.50 bits per heavy atom. The molecule has 86 valence electrons. The summed E-state index contributed by atoms with van der Waals surface area (Å²) < 4.78 is 0. The van der Waals surface area contributed by atoms with Crippen molar-refractivity contribution in [2.24, 2.45) is 11.1 Å². The third kappa shape index (κ3) is 2.08. The highest BCUT2D eigenvalue weighted by atomic mass is 16.3. The number of benzene rings is 1. The van der Waals surface area contributed by atoms with Crippen LogP contribution in [0.4, 0.5) is 5.69 Å². The van der Waals surface area contributed by atoms with Gasteiger partial charge in [0.05, 0.1) is 12.0 Å². The molecule has 0 atom stereocenters. The molecule has 1 fully saturated rings. The molecular weight excluding hydrogens is 204 g/mol. The third-order valence-corrected chi connectivity index (χ3v) is 3.09. The molecule has 4 heteroatoms. The van der Waals surface area contributed by atoms with E-state index >= 15 is 0 Å². The number of nitrogens with one attached hydrogen (secondary N) is 1. The topological polar surface area (TPSA) is 75.4 Å². The lowest BCUT2D eigenvalue weighted by molar-refractivity contribution is -0.120. The normalized spacial score (nSPS) is 16.9. The molecule has 0 heterocycles. The Morgan fingerprint density at radius 3 is 2.81 bits per heavy atom. The molecule has 0 bridgehead atoms. The van der Waals surface area contributed by atoms with Crippen LogP contribution in [-0.4, -0.2) is 17.6 Å². The standard InChI is InChI=1S/C12H16N2O2/c13-8-12(4-5-12)11(16)14-10-3-1-2-9(6-10)7-15/h1-3,6,15H,4-5,7-8,13H2,(H,14,16). The molecule has 0 unspecified atom stereocenters. The Kier molecular flexibility index (Phi) is 2.94. The number of amides is 1. The zero-order chi connectivity index (χ0) is 11.6. The van der Waals surface area contributed by atoms with E-state index < -0.39 is 0 Å². The summed E-state index contributed by atoms with van der Waals surface area (Å²) in [5.74, 6) is -0.00918. The summed E-state index contributed by atoms with van der Waals surface area (Å²) in [6.07, 6.45) is 1.74. The van der Waals surface area contributed by atoms with Crippen LogP contribution < -0.4 is 11.1 Å². The Morgan fingerprint density at radius 2 is 2.25 bits per heavy atom. The maximum Gasteiger partial charge on any atom is 0.231 e. The number of aliphatic hydroxyl groups is 1. The number of nitrogens with two attached hydrogens (primary N) is 1. The predicted octanol–water partition coefficient (Wildman–Crippen LogP) is 0.856. The number of carbonyl (C=O) groups is 1. The molecule has 1 aromatic carbocycles. The maximum absolute atomic E-state index is 11.9. The van der Waals surface area contributed by atoms with Gasteiger partial charge >= 0.3 is 0 Å². The summed E-state index contributed by atoms with van der Waals surface area (Å²) in [7, 11) is 0. The monoisotopic (exact) mass is 220 g/mol. The lowest BCUT2D eigenvalue weighted by atomic mass is 10.1. The second-order valence-electron chi connectivity index (χ2n) is 4.30. The molecule has 1 aliphatic rings. The van der Waals surface area contributed by atoms with Crippen molar-refractivity contribution < 1.29 is 9.90 Å². The maximum atomic E-state index is 11.9. The average molecular weight is 220 g/mol. The van der Waals surface area contributed by atoms with Crippen molar-refractivity contribution in [3.05, 3.63) is 29.8 Å². The van der Waals surface area contributed by atoms with Gasteiger partial charge in [0.1, 0.15) is 0 Å². The van der Waals surface area contributed by atoms with Gasteiger partial charge in [-0.05, 0) is 30.5 Å². The van der Waals surface area contributed by atoms with Crippen molar-refractivity contribution in [2.45, 2.75) is 19.4 Å². The molecule has 0 saturated heterocycles. The fraction of sp³-hybridized carbons (Fsp3) is 0.417. The van der Waals surface area contributed by atoms with E-state index in [-0.39, 0.29) is 17.9 Å². The van der Waals surface area contributed by atoms with Gasteiger partial charge in [0, 0.05) is 12.2 Å². The molecule has 0 radical (unpaired) electrons. The number of hydrogen-bond donors (Lipinski definition) is 3. The summed E-state index contributed by atoms with van der Waals surface area (Å²) in [5, 5.41) is 11.8. The summed E-state index contributed by atoms with van der Waals surface area (Å²) in [4.78, 5) is 11.9. The van der Waals surface area contributed by atoms with Gasteiger partial charge in [0.15, 0.2) is 0 Å². The first-order chi connectivity index (χ1) is 7.70. The van der Waals surface area contributed by atoms with E-state index in [4.69, 9.17) is 10.8 Å². The van der Waals surface area contributed by atoms with E-state index in [1.54, 1.807) is 6.07 Å². The summed E-state index contributed by atoms with van der Waals surface area (Å²) >= 11 is 0. The van der Waals surface area contributed by atoms with Crippen LogP contribution in [0.3, 0.4) is 0 Å². The molecule has 1 aliphatic carbocycles. The smallest absolute Gasteiger partial charge is 0.231 e. The Bertz CT molecular complexity index is 400. The zero-order valence-corrected chi connectivity index (χ0v) is 9.07. The summed E-state index contributed by atoms with van der Waals surface area (Å²) in [6.45, 7) is 0.379. The minimum absolute atomic E-state index is 0.00918. The Hall–Kier alpha value is -1.39. The van der Waals surface area contributed by atoms with Gasteiger partial charge in [-0.2, -0.15) is 0 Å². The Labute approximate surface area is 94.5 Å². The van der Waals surface area contributed by atoms with Gasteiger partial charge in [-0.25, -0.2) is 0 Å². The molecular formula is C12H16N2O2. The number of anilines is 1. The molecule has 4 N–H and O–H groups in total. The van der Waals surface area contributed by atoms with Crippen LogP contribution in [0.1, 0.15) is 18.4 Å². The van der Waals surface area contributed by atoms with Gasteiger partial charge < -0.3 is 16.2 Å².